The van der Waals surface area contributed by atoms with Crippen molar-refractivity contribution in [2.24, 2.45) is 0 Å². The van der Waals surface area contributed by atoms with Crippen LogP contribution in [0.5, 0.6) is 0 Å². The van der Waals surface area contributed by atoms with Crippen molar-refractivity contribution >= 4 is 33.4 Å². The Labute approximate surface area is 339 Å². The van der Waals surface area contributed by atoms with Crippen LogP contribution in [0.1, 0.15) is 133 Å². The Morgan fingerprint density at radius 3 is 0.490 bits per heavy atom. The predicted octanol–water partition coefficient (Wildman–Crippen LogP) is 19.4. The van der Waals surface area contributed by atoms with E-state index < -0.39 is 0 Å². The smallest absolute Gasteiger partial charge is 0.0785 e. The van der Waals surface area contributed by atoms with E-state index in [4.69, 9.17) is 1.37 Å². The molecule has 0 aliphatic heterocycles. The van der Waals surface area contributed by atoms with Gasteiger partial charge in [0.2, 0.25) is 0 Å². The third kappa shape index (κ3) is 87.4. The van der Waals surface area contributed by atoms with Gasteiger partial charge in [-0.15, -0.1) is 0 Å². The second kappa shape index (κ2) is 110. The molecule has 0 aromatic heterocycles. The molecule has 0 spiro atoms. The topological polar surface area (TPSA) is 0 Å². The normalized spacial score (nSPS) is 6.33. The summed E-state index contributed by atoms with van der Waals surface area (Å²) >= 11 is 2.15. The summed E-state index contributed by atoms with van der Waals surface area (Å²) in [5, 5.41) is 2.62. The molecular weight excluding hydrogens is 734 g/mol. The Balaban J connectivity index is -0.0000000407. The van der Waals surface area contributed by atoms with Gasteiger partial charge in [0.05, 0.1) is 7.18 Å². The number of halogens is 2. The van der Waals surface area contributed by atoms with E-state index in [1.807, 2.05) is 211 Å². The maximum Gasteiger partial charge on any atom is 0.0785 e. The monoisotopic (exact) mass is 826 g/mol. The second-order valence-corrected chi connectivity index (χ2v) is 6.52. The molecule has 0 amide bonds. The molecule has 0 fully saturated rings. The highest BCUT2D eigenvalue weighted by molar-refractivity contribution is 14.1. The molecule has 0 heterocycles. The summed E-state index contributed by atoms with van der Waals surface area (Å²) in [6.45, 7) is 32.2. The van der Waals surface area contributed by atoms with Crippen LogP contribution in [0.25, 0.3) is 10.8 Å². The minimum absolute atomic E-state index is 0. The van der Waals surface area contributed by atoms with Crippen molar-refractivity contribution in [3.05, 3.63) is 158 Å². The summed E-state index contributed by atoms with van der Waals surface area (Å²) in [4.78, 5) is 1.97. The fraction of sp³-hybridized carbons (Fsp3) is 0.429. The molecule has 0 bridgehead atoms. The van der Waals surface area contributed by atoms with E-state index in [2.05, 4.69) is 85.0 Å². The molecule has 51 heavy (non-hydrogen) atoms. The molecule has 0 radical (unpaired) electrons. The van der Waals surface area contributed by atoms with Gasteiger partial charge in [-0.25, -0.2) is 0 Å². The lowest BCUT2D eigenvalue weighted by Gasteiger charge is -1.92. The number of rotatable bonds is 0. The Morgan fingerprint density at radius 1 is 0.333 bits per heavy atom. The van der Waals surface area contributed by atoms with E-state index in [1.54, 1.807) is 0 Å². The van der Waals surface area contributed by atoms with Crippen molar-refractivity contribution in [2.45, 2.75) is 132 Å². The first kappa shape index (κ1) is 73.4. The molecular formula is C49H90FI. The second-order valence-electron chi connectivity index (χ2n) is 6.52. The van der Waals surface area contributed by atoms with Crippen LogP contribution in [0.3, 0.4) is 0 Å². The van der Waals surface area contributed by atoms with Crippen LogP contribution in [0, 0.1) is 0 Å². The molecule has 5 rings (SSSR count). The van der Waals surface area contributed by atoms with Gasteiger partial charge in [-0.2, -0.15) is 0 Å². The summed E-state index contributed by atoms with van der Waals surface area (Å²) < 4.78 is 15.2. The van der Waals surface area contributed by atoms with Crippen molar-refractivity contribution in [1.29, 1.82) is 0 Å². The van der Waals surface area contributed by atoms with E-state index in [1.165, 1.54) is 24.6 Å². The molecule has 5 aromatic carbocycles. The summed E-state index contributed by atoms with van der Waals surface area (Å²) in [6.07, 6.45) is 1.25. The van der Waals surface area contributed by atoms with E-state index in [9.17, 15) is 4.39 Å². The standard InChI is InChI=1S/C10H8.3C6H6.C3H8.7C2H6.CH3F.CH3I.2CH4/c1-2-6-10-8-4-3-7-9(10)5-1;3*1-2-4-6-5-3-1;1-3-2;9*1-2;;/h1-8H;3*1-6H;3H2,1-2H3;7*1-2H3;2*1H3;2*1H4/i;;;;;;;;;;;;;;1D;. The highest BCUT2D eigenvalue weighted by Gasteiger charge is 1.85. The lowest BCUT2D eigenvalue weighted by atomic mass is 10.1. The zero-order chi connectivity index (χ0) is 42.2. The Kier molecular flexibility index (Phi) is 159. The first-order valence-corrected chi connectivity index (χ1v) is 20.7. The molecule has 0 saturated heterocycles. The van der Waals surface area contributed by atoms with Gasteiger partial charge in [0.15, 0.2) is 0 Å². The molecule has 5 aromatic rings. The minimum atomic E-state index is 0. The average molecular weight is 826 g/mol. The zero-order valence-electron chi connectivity index (χ0n) is 37.5. The van der Waals surface area contributed by atoms with Crippen LogP contribution in [-0.4, -0.2) is 12.1 Å². The van der Waals surface area contributed by atoms with Gasteiger partial charge in [0.1, 0.15) is 0 Å². The minimum Gasteiger partial charge on any atom is -0.255 e. The maximum atomic E-state index is 9.50. The molecule has 0 aliphatic carbocycles. The van der Waals surface area contributed by atoms with Crippen LogP contribution >= 0.6 is 22.6 Å². The molecule has 300 valence electrons. The van der Waals surface area contributed by atoms with Crippen molar-refractivity contribution in [1.82, 2.24) is 0 Å². The number of alkyl halides is 2. The van der Waals surface area contributed by atoms with Gasteiger partial charge in [0, 0.05) is 1.37 Å². The fourth-order valence-electron chi connectivity index (χ4n) is 2.29. The van der Waals surface area contributed by atoms with Crippen LogP contribution in [0.4, 0.5) is 4.39 Å². The van der Waals surface area contributed by atoms with Gasteiger partial charge in [-0.1, -0.05) is 312 Å². The molecule has 0 N–H and O–H groups in total. The maximum absolute atomic E-state index is 9.50. The Morgan fingerprint density at radius 2 is 0.412 bits per heavy atom. The van der Waals surface area contributed by atoms with E-state index in [0.717, 1.165) is 0 Å². The van der Waals surface area contributed by atoms with Gasteiger partial charge in [0.25, 0.3) is 0 Å². The molecule has 2 heteroatoms. The number of hydrogen-bond acceptors (Lipinski definition) is 0. The molecule has 0 saturated carbocycles. The van der Waals surface area contributed by atoms with E-state index in [-0.39, 0.29) is 7.43 Å². The number of benzene rings is 5. The third-order valence-electron chi connectivity index (χ3n) is 3.66. The Bertz CT molecular complexity index is 762. The van der Waals surface area contributed by atoms with Crippen molar-refractivity contribution in [2.75, 3.05) is 12.1 Å². The largest absolute Gasteiger partial charge is 0.255 e. The van der Waals surface area contributed by atoms with Crippen molar-refractivity contribution in [3.63, 3.8) is 0 Å². The molecule has 0 aliphatic rings. The highest BCUT2D eigenvalue weighted by atomic mass is 127. The fourth-order valence-corrected chi connectivity index (χ4v) is 2.29. The molecule has 0 atom stereocenters. The molecule has 0 unspecified atom stereocenters. The van der Waals surface area contributed by atoms with Crippen LogP contribution in [0.15, 0.2) is 158 Å². The highest BCUT2D eigenvalue weighted by Crippen LogP contribution is 2.11. The van der Waals surface area contributed by atoms with Crippen LogP contribution < -0.4 is 0 Å². The zero-order valence-corrected chi connectivity index (χ0v) is 38.6. The van der Waals surface area contributed by atoms with Crippen molar-refractivity contribution < 1.29 is 5.76 Å². The summed E-state index contributed by atoms with van der Waals surface area (Å²) in [6, 6.07) is 52.7. The van der Waals surface area contributed by atoms with E-state index >= 15 is 0 Å². The first-order chi connectivity index (χ1) is 25.4. The average Bonchev–Trinajstić information content (AvgIpc) is 3.30. The lowest BCUT2D eigenvalue weighted by Crippen LogP contribution is -1.67. The van der Waals surface area contributed by atoms with Crippen LogP contribution in [0.2, 0.25) is 0 Å². The summed E-state index contributed by atoms with van der Waals surface area (Å²) in [5.74, 6) is 0. The summed E-state index contributed by atoms with van der Waals surface area (Å²) in [7, 11) is 1.75. The van der Waals surface area contributed by atoms with Gasteiger partial charge >= 0.3 is 0 Å². The van der Waals surface area contributed by atoms with Crippen molar-refractivity contribution in [3.8, 4) is 0 Å². The van der Waals surface area contributed by atoms with Gasteiger partial charge < -0.3 is 0 Å². The lowest BCUT2D eigenvalue weighted by molar-refractivity contribution is 0.636. The number of hydrogen-bond donors (Lipinski definition) is 0. The third-order valence-corrected chi connectivity index (χ3v) is 3.66. The van der Waals surface area contributed by atoms with Crippen LogP contribution in [-0.2, 0) is 0 Å². The summed E-state index contributed by atoms with van der Waals surface area (Å²) in [5.41, 5.74) is 0. The molecule has 0 nitrogen and oxygen atoms in total. The first-order valence-electron chi connectivity index (χ1n) is 19.6. The number of fused-ring (bicyclic) bond motifs is 1. The van der Waals surface area contributed by atoms with E-state index in [0.29, 0.717) is 7.18 Å². The quantitative estimate of drug-likeness (QED) is 0.108. The SMILES string of the molecule is C.CC.CC.CC.CC.CC.CC.CC.CCC.CF.CI.[2H]C.c1ccc2ccccc2c1.c1ccccc1.c1ccccc1.c1ccccc1. The van der Waals surface area contributed by atoms with Gasteiger partial charge in [-0.05, 0) is 15.7 Å². The van der Waals surface area contributed by atoms with Gasteiger partial charge in [-0.3, -0.25) is 4.39 Å². The Hall–Kier alpha value is -2.98. The predicted molar refractivity (Wildman–Crippen MR) is 259 cm³/mol.